The van der Waals surface area contributed by atoms with Crippen molar-refractivity contribution < 1.29 is 23.4 Å². The molecule has 1 aliphatic rings. The van der Waals surface area contributed by atoms with Gasteiger partial charge in [-0.25, -0.2) is 18.7 Å². The Balaban J connectivity index is 1.44. The summed E-state index contributed by atoms with van der Waals surface area (Å²) in [5, 5.41) is 13.9. The molecule has 4 heterocycles. The molecular weight excluding hydrogens is 470 g/mol. The van der Waals surface area contributed by atoms with Crippen LogP contribution in [-0.2, 0) is 11.8 Å². The molecule has 5 rings (SSSR count). The zero-order chi connectivity index (χ0) is 25.2. The molecule has 0 aliphatic carbocycles. The van der Waals surface area contributed by atoms with E-state index in [2.05, 4.69) is 15.0 Å². The molecule has 1 fully saturated rings. The highest BCUT2D eigenvalue weighted by atomic mass is 19.1. The van der Waals surface area contributed by atoms with Crippen LogP contribution in [0.5, 0.6) is 5.75 Å². The molecule has 0 bridgehead atoms. The molecule has 1 aromatic carbocycles. The molecule has 1 saturated heterocycles. The van der Waals surface area contributed by atoms with Crippen molar-refractivity contribution in [3.63, 3.8) is 0 Å². The standard InChI is InChI=1S/C25H26F2N6O3/c1-32-13-15(11-29-32)24-25(31-19-10-20(23(14-34)35-2)28-12-21(19)30-24)33-7-5-17(6-8-33)36-22-4-3-16(26)9-18(22)27/h3-4,9-13,17,23,34H,5-8,14H2,1-2H3/t23-/m0/s1. The average molecular weight is 497 g/mol. The maximum atomic E-state index is 14.0. The van der Waals surface area contributed by atoms with Crippen molar-refractivity contribution in [2.75, 3.05) is 31.7 Å². The first kappa shape index (κ1) is 24.0. The lowest BCUT2D eigenvalue weighted by Crippen LogP contribution is -2.39. The van der Waals surface area contributed by atoms with Gasteiger partial charge in [-0.05, 0) is 18.2 Å². The van der Waals surface area contributed by atoms with Crippen LogP contribution in [0.4, 0.5) is 14.6 Å². The molecule has 4 aromatic rings. The van der Waals surface area contributed by atoms with Crippen molar-refractivity contribution in [3.8, 4) is 17.0 Å². The number of aromatic nitrogens is 5. The first-order valence-electron chi connectivity index (χ1n) is 11.6. The number of nitrogens with zero attached hydrogens (tertiary/aromatic N) is 6. The molecule has 3 aromatic heterocycles. The fraction of sp³-hybridized carbons (Fsp3) is 0.360. The van der Waals surface area contributed by atoms with Gasteiger partial charge in [0.25, 0.3) is 0 Å². The van der Waals surface area contributed by atoms with Gasteiger partial charge in [0.05, 0.1) is 30.2 Å². The molecule has 188 valence electrons. The van der Waals surface area contributed by atoms with E-state index in [0.29, 0.717) is 54.2 Å². The van der Waals surface area contributed by atoms with Gasteiger partial charge < -0.3 is 19.5 Å². The molecule has 0 unspecified atom stereocenters. The zero-order valence-corrected chi connectivity index (χ0v) is 19.9. The molecule has 0 amide bonds. The number of hydrogen-bond donors (Lipinski definition) is 1. The summed E-state index contributed by atoms with van der Waals surface area (Å²) in [5.74, 6) is -0.606. The Kier molecular flexibility index (Phi) is 6.75. The van der Waals surface area contributed by atoms with Crippen molar-refractivity contribution in [2.45, 2.75) is 25.0 Å². The van der Waals surface area contributed by atoms with E-state index in [1.165, 1.54) is 19.2 Å². The SMILES string of the molecule is CO[C@@H](CO)c1cc2nc(N3CCC(Oc4ccc(F)cc4F)CC3)c(-c3cnn(C)c3)nc2cn1. The Bertz CT molecular complexity index is 1370. The first-order valence-corrected chi connectivity index (χ1v) is 11.6. The van der Waals surface area contributed by atoms with Crippen LogP contribution in [0.1, 0.15) is 24.6 Å². The molecule has 9 nitrogen and oxygen atoms in total. The number of benzene rings is 1. The fourth-order valence-corrected chi connectivity index (χ4v) is 4.32. The Hall–Kier alpha value is -3.70. The Labute approximate surface area is 206 Å². The van der Waals surface area contributed by atoms with E-state index in [1.807, 2.05) is 13.2 Å². The van der Waals surface area contributed by atoms with E-state index in [0.717, 1.165) is 11.6 Å². The van der Waals surface area contributed by atoms with Crippen LogP contribution in [0, 0.1) is 11.6 Å². The van der Waals surface area contributed by atoms with Crippen molar-refractivity contribution in [1.29, 1.82) is 0 Å². The third-order valence-corrected chi connectivity index (χ3v) is 6.24. The monoisotopic (exact) mass is 496 g/mol. The maximum absolute atomic E-state index is 14.0. The number of anilines is 1. The lowest BCUT2D eigenvalue weighted by Gasteiger charge is -2.33. The van der Waals surface area contributed by atoms with E-state index < -0.39 is 17.7 Å². The average Bonchev–Trinajstić information content (AvgIpc) is 3.32. The highest BCUT2D eigenvalue weighted by molar-refractivity contribution is 5.83. The Morgan fingerprint density at radius 1 is 1.11 bits per heavy atom. The minimum absolute atomic E-state index is 0.0491. The number of rotatable bonds is 7. The lowest BCUT2D eigenvalue weighted by atomic mass is 10.1. The number of aryl methyl sites for hydroxylation is 1. The second-order valence-electron chi connectivity index (χ2n) is 8.68. The molecule has 0 spiro atoms. The third-order valence-electron chi connectivity index (χ3n) is 6.24. The van der Waals surface area contributed by atoms with E-state index in [-0.39, 0.29) is 18.5 Å². The number of hydrogen-bond acceptors (Lipinski definition) is 8. The molecule has 11 heteroatoms. The zero-order valence-electron chi connectivity index (χ0n) is 19.9. The van der Waals surface area contributed by atoms with Crippen molar-refractivity contribution in [3.05, 3.63) is 60.2 Å². The van der Waals surface area contributed by atoms with Crippen LogP contribution in [-0.4, -0.2) is 62.7 Å². The smallest absolute Gasteiger partial charge is 0.167 e. The summed E-state index contributed by atoms with van der Waals surface area (Å²) in [6.07, 6.45) is 5.72. The van der Waals surface area contributed by atoms with Crippen molar-refractivity contribution in [2.24, 2.45) is 7.05 Å². The Morgan fingerprint density at radius 2 is 1.92 bits per heavy atom. The normalized spacial score (nSPS) is 15.4. The molecule has 1 atom stereocenters. The summed E-state index contributed by atoms with van der Waals surface area (Å²) in [5.41, 5.74) is 3.31. The van der Waals surface area contributed by atoms with Crippen molar-refractivity contribution >= 4 is 16.9 Å². The van der Waals surface area contributed by atoms with E-state index in [1.54, 1.807) is 23.1 Å². The molecule has 0 saturated carbocycles. The van der Waals surface area contributed by atoms with Gasteiger partial charge in [-0.15, -0.1) is 0 Å². The number of methoxy groups -OCH3 is 1. The predicted octanol–water partition coefficient (Wildman–Crippen LogP) is 3.43. The molecule has 36 heavy (non-hydrogen) atoms. The fourth-order valence-electron chi connectivity index (χ4n) is 4.32. The van der Waals surface area contributed by atoms with E-state index in [4.69, 9.17) is 19.4 Å². The molecule has 1 N–H and O–H groups in total. The molecular formula is C25H26F2N6O3. The van der Waals surface area contributed by atoms with Crippen LogP contribution in [0.3, 0.4) is 0 Å². The maximum Gasteiger partial charge on any atom is 0.167 e. The summed E-state index contributed by atoms with van der Waals surface area (Å²) in [7, 11) is 3.35. The topological polar surface area (TPSA) is 98.4 Å². The summed E-state index contributed by atoms with van der Waals surface area (Å²) >= 11 is 0. The number of piperidine rings is 1. The molecule has 0 radical (unpaired) electrons. The lowest BCUT2D eigenvalue weighted by molar-refractivity contribution is 0.0456. The minimum atomic E-state index is -0.710. The highest BCUT2D eigenvalue weighted by Gasteiger charge is 2.26. The van der Waals surface area contributed by atoms with Gasteiger partial charge in [-0.1, -0.05) is 0 Å². The van der Waals surface area contributed by atoms with Gasteiger partial charge >= 0.3 is 0 Å². The third kappa shape index (κ3) is 4.84. The summed E-state index contributed by atoms with van der Waals surface area (Å²) in [6, 6.07) is 5.10. The first-order chi connectivity index (χ1) is 17.4. The summed E-state index contributed by atoms with van der Waals surface area (Å²) in [4.78, 5) is 16.3. The largest absolute Gasteiger partial charge is 0.487 e. The van der Waals surface area contributed by atoms with Gasteiger partial charge in [0, 0.05) is 57.9 Å². The van der Waals surface area contributed by atoms with Crippen LogP contribution >= 0.6 is 0 Å². The second kappa shape index (κ2) is 10.1. The summed E-state index contributed by atoms with van der Waals surface area (Å²) < 4.78 is 40.1. The van der Waals surface area contributed by atoms with Crippen molar-refractivity contribution in [1.82, 2.24) is 24.7 Å². The number of ether oxygens (including phenoxy) is 2. The van der Waals surface area contributed by atoms with Crippen LogP contribution in [0.2, 0.25) is 0 Å². The van der Waals surface area contributed by atoms with Crippen LogP contribution in [0.25, 0.3) is 22.3 Å². The number of fused-ring (bicyclic) bond motifs is 1. The van der Waals surface area contributed by atoms with E-state index in [9.17, 15) is 13.9 Å². The Morgan fingerprint density at radius 3 is 2.58 bits per heavy atom. The number of halogens is 2. The van der Waals surface area contributed by atoms with Gasteiger partial charge in [-0.3, -0.25) is 9.67 Å². The second-order valence-corrected chi connectivity index (χ2v) is 8.68. The van der Waals surface area contributed by atoms with Gasteiger partial charge in [0.15, 0.2) is 17.4 Å². The predicted molar refractivity (Wildman–Crippen MR) is 129 cm³/mol. The van der Waals surface area contributed by atoms with E-state index >= 15 is 0 Å². The quantitative estimate of drug-likeness (QED) is 0.416. The van der Waals surface area contributed by atoms with Crippen LogP contribution < -0.4 is 9.64 Å². The minimum Gasteiger partial charge on any atom is -0.487 e. The summed E-state index contributed by atoms with van der Waals surface area (Å²) in [6.45, 7) is 1.01. The van der Waals surface area contributed by atoms with Gasteiger partial charge in [0.2, 0.25) is 0 Å². The number of pyridine rings is 1. The van der Waals surface area contributed by atoms with Gasteiger partial charge in [0.1, 0.15) is 29.2 Å². The van der Waals surface area contributed by atoms with Crippen LogP contribution in [0.15, 0.2) is 42.9 Å². The highest BCUT2D eigenvalue weighted by Crippen LogP contribution is 2.32. The molecule has 1 aliphatic heterocycles. The van der Waals surface area contributed by atoms with Gasteiger partial charge in [-0.2, -0.15) is 5.10 Å². The number of aliphatic hydroxyl groups is 1. The number of aliphatic hydroxyl groups excluding tert-OH is 1.